The first-order valence-corrected chi connectivity index (χ1v) is 14.6. The van der Waals surface area contributed by atoms with Gasteiger partial charge in [-0.3, -0.25) is 0 Å². The molecule has 0 amide bonds. The molecule has 1 aromatic rings. The fraction of sp³-hybridized carbons (Fsp3) is 0.742. The first kappa shape index (κ1) is 28.6. The lowest BCUT2D eigenvalue weighted by molar-refractivity contribution is -0.0821. The number of halogens is 5. The van der Waals surface area contributed by atoms with Crippen LogP contribution in [0, 0.1) is 23.6 Å². The van der Waals surface area contributed by atoms with Crippen molar-refractivity contribution in [2.24, 2.45) is 17.8 Å². The standard InChI is InChI=1S/C31H43F5O/c1-2-3-18-37-27-15-12-23(13-16-27)26-14-17-28(29(32)19-26)24-8-4-21(5-9-24)22-6-10-25(11-7-22)30(33)20-31(34,35)36/h14,17,19-25,27H,2-13,15-16,18H2,1H3/b30-20-. The molecular weight excluding hydrogens is 483 g/mol. The van der Waals surface area contributed by atoms with Gasteiger partial charge in [0.2, 0.25) is 0 Å². The van der Waals surface area contributed by atoms with Crippen molar-refractivity contribution >= 4 is 0 Å². The maximum Gasteiger partial charge on any atom is 0.412 e. The molecule has 0 aromatic heterocycles. The predicted octanol–water partition coefficient (Wildman–Crippen LogP) is 10.2. The Kier molecular flexibility index (Phi) is 10.1. The van der Waals surface area contributed by atoms with Crippen molar-refractivity contribution in [1.29, 1.82) is 0 Å². The fourth-order valence-electron chi connectivity index (χ4n) is 7.13. The molecule has 4 rings (SSSR count). The van der Waals surface area contributed by atoms with Crippen molar-refractivity contribution in [3.63, 3.8) is 0 Å². The second kappa shape index (κ2) is 13.1. The van der Waals surface area contributed by atoms with Crippen molar-refractivity contribution in [3.8, 4) is 0 Å². The molecule has 208 valence electrons. The summed E-state index contributed by atoms with van der Waals surface area (Å²) < 4.78 is 72.5. The van der Waals surface area contributed by atoms with Gasteiger partial charge >= 0.3 is 6.18 Å². The Bertz CT molecular complexity index is 870. The average Bonchev–Trinajstić information content (AvgIpc) is 2.88. The Morgan fingerprint density at radius 2 is 1.46 bits per heavy atom. The largest absolute Gasteiger partial charge is 0.412 e. The van der Waals surface area contributed by atoms with Gasteiger partial charge in [0.15, 0.2) is 0 Å². The Balaban J connectivity index is 1.23. The van der Waals surface area contributed by atoms with E-state index in [4.69, 9.17) is 4.74 Å². The molecule has 0 atom stereocenters. The molecular formula is C31H43F5O. The number of unbranched alkanes of at least 4 members (excludes halogenated alkanes) is 1. The number of hydrogen-bond donors (Lipinski definition) is 0. The normalized spacial score (nSPS) is 31.9. The predicted molar refractivity (Wildman–Crippen MR) is 138 cm³/mol. The molecule has 0 heterocycles. The van der Waals surface area contributed by atoms with Gasteiger partial charge < -0.3 is 4.74 Å². The van der Waals surface area contributed by atoms with Crippen molar-refractivity contribution in [3.05, 3.63) is 47.0 Å². The summed E-state index contributed by atoms with van der Waals surface area (Å²) in [5.74, 6) is -0.0667. The zero-order chi connectivity index (χ0) is 26.4. The summed E-state index contributed by atoms with van der Waals surface area (Å²) in [4.78, 5) is 0. The fourth-order valence-corrected chi connectivity index (χ4v) is 7.13. The molecule has 1 nitrogen and oxygen atoms in total. The Hall–Kier alpha value is -1.43. The highest BCUT2D eigenvalue weighted by Crippen LogP contribution is 2.46. The molecule has 0 unspecified atom stereocenters. The number of alkyl halides is 3. The van der Waals surface area contributed by atoms with E-state index in [0.29, 0.717) is 36.7 Å². The minimum Gasteiger partial charge on any atom is -0.378 e. The highest BCUT2D eigenvalue weighted by Gasteiger charge is 2.35. The Labute approximate surface area is 219 Å². The lowest BCUT2D eigenvalue weighted by Gasteiger charge is -2.38. The highest BCUT2D eigenvalue weighted by atomic mass is 19.4. The van der Waals surface area contributed by atoms with Gasteiger partial charge in [0.05, 0.1) is 12.2 Å². The van der Waals surface area contributed by atoms with Gasteiger partial charge in [-0.1, -0.05) is 25.5 Å². The topological polar surface area (TPSA) is 9.23 Å². The van der Waals surface area contributed by atoms with E-state index in [0.717, 1.165) is 94.8 Å². The van der Waals surface area contributed by atoms with E-state index in [1.165, 1.54) is 0 Å². The highest BCUT2D eigenvalue weighted by molar-refractivity contribution is 5.30. The monoisotopic (exact) mass is 526 g/mol. The molecule has 0 bridgehead atoms. The molecule has 3 aliphatic carbocycles. The second-order valence-corrected chi connectivity index (χ2v) is 11.8. The number of allylic oxidation sites excluding steroid dienone is 2. The zero-order valence-electron chi connectivity index (χ0n) is 22.2. The van der Waals surface area contributed by atoms with E-state index in [-0.39, 0.29) is 17.8 Å². The summed E-state index contributed by atoms with van der Waals surface area (Å²) in [6.45, 7) is 3.02. The lowest BCUT2D eigenvalue weighted by Crippen LogP contribution is -2.26. The van der Waals surface area contributed by atoms with Crippen LogP contribution in [0.2, 0.25) is 0 Å². The van der Waals surface area contributed by atoms with Gasteiger partial charge in [0.25, 0.3) is 0 Å². The quantitative estimate of drug-likeness (QED) is 0.242. The Morgan fingerprint density at radius 1 is 0.865 bits per heavy atom. The molecule has 0 aliphatic heterocycles. The van der Waals surface area contributed by atoms with Crippen LogP contribution in [-0.4, -0.2) is 18.9 Å². The first-order valence-electron chi connectivity index (χ1n) is 14.6. The van der Waals surface area contributed by atoms with E-state index >= 15 is 4.39 Å². The minimum atomic E-state index is -4.59. The summed E-state index contributed by atoms with van der Waals surface area (Å²) in [6.07, 6.45) is 8.55. The van der Waals surface area contributed by atoms with E-state index < -0.39 is 17.9 Å². The van der Waals surface area contributed by atoms with Crippen LogP contribution in [0.1, 0.15) is 120 Å². The van der Waals surface area contributed by atoms with Gasteiger partial charge in [0.1, 0.15) is 11.6 Å². The average molecular weight is 527 g/mol. The maximum absolute atomic E-state index is 15.2. The summed E-state index contributed by atoms with van der Waals surface area (Å²) in [6, 6.07) is 5.92. The van der Waals surface area contributed by atoms with Crippen molar-refractivity contribution < 1.29 is 26.7 Å². The summed E-state index contributed by atoms with van der Waals surface area (Å²) in [5.41, 5.74) is 1.95. The molecule has 0 radical (unpaired) electrons. The second-order valence-electron chi connectivity index (χ2n) is 11.8. The molecule has 1 aromatic carbocycles. The van der Waals surface area contributed by atoms with Crippen LogP contribution in [0.5, 0.6) is 0 Å². The molecule has 37 heavy (non-hydrogen) atoms. The van der Waals surface area contributed by atoms with E-state index in [9.17, 15) is 17.6 Å². The van der Waals surface area contributed by atoms with Crippen LogP contribution >= 0.6 is 0 Å². The number of hydrogen-bond acceptors (Lipinski definition) is 1. The van der Waals surface area contributed by atoms with Crippen molar-refractivity contribution in [2.75, 3.05) is 6.61 Å². The van der Waals surface area contributed by atoms with Crippen LogP contribution in [0.15, 0.2) is 30.1 Å². The summed E-state index contributed by atoms with van der Waals surface area (Å²) in [5, 5.41) is 0. The summed E-state index contributed by atoms with van der Waals surface area (Å²) in [7, 11) is 0. The summed E-state index contributed by atoms with van der Waals surface area (Å²) >= 11 is 0. The van der Waals surface area contributed by atoms with Gasteiger partial charge in [0, 0.05) is 12.5 Å². The number of rotatable bonds is 8. The maximum atomic E-state index is 15.2. The van der Waals surface area contributed by atoms with Gasteiger partial charge in [-0.25, -0.2) is 8.78 Å². The van der Waals surface area contributed by atoms with Gasteiger partial charge in [-0.15, -0.1) is 0 Å². The minimum absolute atomic E-state index is 0.0743. The molecule has 0 N–H and O–H groups in total. The Morgan fingerprint density at radius 3 is 2.03 bits per heavy atom. The molecule has 0 spiro atoms. The van der Waals surface area contributed by atoms with Crippen molar-refractivity contribution in [2.45, 2.75) is 121 Å². The molecule has 3 fully saturated rings. The number of benzene rings is 1. The van der Waals surface area contributed by atoms with Crippen LogP contribution < -0.4 is 0 Å². The molecule has 6 heteroatoms. The van der Waals surface area contributed by atoms with Gasteiger partial charge in [-0.05, 0) is 124 Å². The van der Waals surface area contributed by atoms with Crippen molar-refractivity contribution in [1.82, 2.24) is 0 Å². The van der Waals surface area contributed by atoms with Crippen LogP contribution in [0.25, 0.3) is 0 Å². The van der Waals surface area contributed by atoms with E-state index in [1.54, 1.807) is 6.07 Å². The van der Waals surface area contributed by atoms with Crippen LogP contribution in [-0.2, 0) is 4.74 Å². The third-order valence-corrected chi connectivity index (χ3v) is 9.36. The number of ether oxygens (including phenoxy) is 1. The third kappa shape index (κ3) is 8.03. The van der Waals surface area contributed by atoms with Gasteiger partial charge in [-0.2, -0.15) is 13.2 Å². The van der Waals surface area contributed by atoms with Crippen LogP contribution in [0.3, 0.4) is 0 Å². The zero-order valence-corrected chi connectivity index (χ0v) is 22.2. The first-order chi connectivity index (χ1) is 17.7. The lowest BCUT2D eigenvalue weighted by atomic mass is 9.68. The van der Waals surface area contributed by atoms with E-state index in [1.807, 2.05) is 6.07 Å². The smallest absolute Gasteiger partial charge is 0.378 e. The molecule has 3 aliphatic rings. The molecule has 3 saturated carbocycles. The third-order valence-electron chi connectivity index (χ3n) is 9.36. The SMILES string of the molecule is CCCCOC1CCC(c2ccc(C3CCC(C4CCC(/C(F)=C/C(F)(F)F)CC4)CC3)c(F)c2)CC1. The molecule has 0 saturated heterocycles. The van der Waals surface area contributed by atoms with E-state index in [2.05, 4.69) is 13.0 Å². The van der Waals surface area contributed by atoms with Crippen LogP contribution in [0.4, 0.5) is 22.0 Å².